The van der Waals surface area contributed by atoms with Crippen LogP contribution >= 0.6 is 0 Å². The smallest absolute Gasteiger partial charge is 0.344 e. The molecular formula is C26H21NO7. The standard InChI is InChI=1S/C26H21NO7/c1-31-16-7-5-6-15(13-16)27-25(29)24-21(14-10-11-18(28)20(12-14)32-2)22-23(34-24)17-8-3-4-9-19(17)33-26(22)30/h3-13,21,24,28H,1-2H3,(H,27,29). The zero-order chi connectivity index (χ0) is 23.8. The van der Waals surface area contributed by atoms with Gasteiger partial charge < -0.3 is 29.1 Å². The molecule has 0 aliphatic carbocycles. The Bertz CT molecular complexity index is 1460. The fourth-order valence-corrected chi connectivity index (χ4v) is 4.23. The third-order valence-electron chi connectivity index (χ3n) is 5.82. The second-order valence-electron chi connectivity index (χ2n) is 7.80. The van der Waals surface area contributed by atoms with Crippen LogP contribution in [0.15, 0.2) is 75.9 Å². The summed E-state index contributed by atoms with van der Waals surface area (Å²) in [5.74, 6) is -0.216. The first-order valence-corrected chi connectivity index (χ1v) is 10.5. The number of nitrogens with one attached hydrogen (secondary N) is 1. The van der Waals surface area contributed by atoms with Crippen molar-refractivity contribution in [2.45, 2.75) is 12.0 Å². The Kier molecular flexibility index (Phi) is 5.33. The van der Waals surface area contributed by atoms with Crippen LogP contribution in [-0.4, -0.2) is 31.3 Å². The van der Waals surface area contributed by atoms with Crippen molar-refractivity contribution in [1.82, 2.24) is 0 Å². The molecule has 2 heterocycles. The summed E-state index contributed by atoms with van der Waals surface area (Å²) in [7, 11) is 2.96. The van der Waals surface area contributed by atoms with Crippen molar-refractivity contribution < 1.29 is 28.5 Å². The van der Waals surface area contributed by atoms with Gasteiger partial charge in [-0.2, -0.15) is 0 Å². The van der Waals surface area contributed by atoms with Crippen LogP contribution in [0, 0.1) is 0 Å². The number of fused-ring (bicyclic) bond motifs is 3. The summed E-state index contributed by atoms with van der Waals surface area (Å²) in [6.07, 6.45) is -1.08. The van der Waals surface area contributed by atoms with Crippen LogP contribution in [0.2, 0.25) is 0 Å². The minimum atomic E-state index is -1.08. The van der Waals surface area contributed by atoms with Crippen molar-refractivity contribution in [3.05, 3.63) is 88.3 Å². The fourth-order valence-electron chi connectivity index (χ4n) is 4.23. The van der Waals surface area contributed by atoms with Gasteiger partial charge in [-0.1, -0.05) is 24.3 Å². The zero-order valence-corrected chi connectivity index (χ0v) is 18.4. The van der Waals surface area contributed by atoms with Gasteiger partial charge in [0, 0.05) is 11.8 Å². The van der Waals surface area contributed by atoms with E-state index < -0.39 is 23.6 Å². The van der Waals surface area contributed by atoms with E-state index in [9.17, 15) is 14.7 Å². The van der Waals surface area contributed by atoms with Crippen LogP contribution in [0.25, 0.3) is 11.0 Å². The number of methoxy groups -OCH3 is 2. The van der Waals surface area contributed by atoms with Crippen molar-refractivity contribution in [2.75, 3.05) is 19.5 Å². The lowest BCUT2D eigenvalue weighted by Crippen LogP contribution is -2.35. The lowest BCUT2D eigenvalue weighted by atomic mass is 9.88. The summed E-state index contributed by atoms with van der Waals surface area (Å²) in [5.41, 5.74) is 1.08. The number of phenols is 1. The number of aromatic hydroxyl groups is 1. The van der Waals surface area contributed by atoms with E-state index in [0.29, 0.717) is 33.7 Å². The first-order valence-electron chi connectivity index (χ1n) is 10.5. The second kappa shape index (κ2) is 8.47. The van der Waals surface area contributed by atoms with Crippen molar-refractivity contribution >= 4 is 22.6 Å². The first-order chi connectivity index (χ1) is 16.5. The van der Waals surface area contributed by atoms with Crippen LogP contribution in [0.3, 0.4) is 0 Å². The minimum Gasteiger partial charge on any atom is -0.504 e. The highest BCUT2D eigenvalue weighted by Crippen LogP contribution is 2.45. The largest absolute Gasteiger partial charge is 0.504 e. The van der Waals surface area contributed by atoms with Gasteiger partial charge in [-0.25, -0.2) is 4.79 Å². The lowest BCUT2D eigenvalue weighted by Gasteiger charge is -2.19. The van der Waals surface area contributed by atoms with Crippen molar-refractivity contribution in [2.24, 2.45) is 0 Å². The Balaban J connectivity index is 1.64. The average Bonchev–Trinajstić information content (AvgIpc) is 3.26. The Morgan fingerprint density at radius 2 is 1.82 bits per heavy atom. The third kappa shape index (κ3) is 3.59. The zero-order valence-electron chi connectivity index (χ0n) is 18.4. The monoisotopic (exact) mass is 459 g/mol. The number of hydrogen-bond donors (Lipinski definition) is 2. The quantitative estimate of drug-likeness (QED) is 0.434. The fraction of sp³-hybridized carbons (Fsp3) is 0.154. The maximum Gasteiger partial charge on any atom is 0.344 e. The number of para-hydroxylation sites is 1. The van der Waals surface area contributed by atoms with Crippen molar-refractivity contribution in [1.29, 1.82) is 0 Å². The molecule has 1 amide bonds. The molecule has 2 N–H and O–H groups in total. The number of hydrogen-bond acceptors (Lipinski definition) is 7. The predicted octanol–water partition coefficient (Wildman–Crippen LogP) is 4.05. The summed E-state index contributed by atoms with van der Waals surface area (Å²) in [4.78, 5) is 26.5. The van der Waals surface area contributed by atoms with E-state index in [1.807, 2.05) is 0 Å². The Hall–Kier alpha value is -4.46. The number of anilines is 1. The molecule has 3 aromatic carbocycles. The molecule has 0 saturated heterocycles. The number of carbonyl (C=O) groups excluding carboxylic acids is 1. The van der Waals surface area contributed by atoms with Crippen LogP contribution in [-0.2, 0) is 4.79 Å². The molecule has 0 radical (unpaired) electrons. The van der Waals surface area contributed by atoms with Gasteiger partial charge in [0.15, 0.2) is 17.6 Å². The Labute approximate surface area is 194 Å². The molecule has 34 heavy (non-hydrogen) atoms. The highest BCUT2D eigenvalue weighted by atomic mass is 16.5. The number of benzene rings is 3. The van der Waals surface area contributed by atoms with E-state index in [4.69, 9.17) is 18.6 Å². The van der Waals surface area contributed by atoms with Crippen LogP contribution in [0.5, 0.6) is 23.0 Å². The molecule has 2 atom stereocenters. The summed E-state index contributed by atoms with van der Waals surface area (Å²) in [5, 5.41) is 13.5. The molecule has 0 saturated carbocycles. The Morgan fingerprint density at radius 3 is 2.62 bits per heavy atom. The summed E-state index contributed by atoms with van der Waals surface area (Å²) in [6.45, 7) is 0. The van der Waals surface area contributed by atoms with Gasteiger partial charge in [-0.3, -0.25) is 4.79 Å². The van der Waals surface area contributed by atoms with Crippen LogP contribution < -0.4 is 25.2 Å². The van der Waals surface area contributed by atoms with Gasteiger partial charge in [-0.05, 0) is 42.0 Å². The van der Waals surface area contributed by atoms with Crippen LogP contribution in [0.1, 0.15) is 17.0 Å². The number of amides is 1. The van der Waals surface area contributed by atoms with E-state index >= 15 is 0 Å². The maximum absolute atomic E-state index is 13.4. The lowest BCUT2D eigenvalue weighted by molar-refractivity contribution is -0.122. The SMILES string of the molecule is COc1cccc(NC(=O)C2Oc3c(c(=O)oc4ccccc34)C2c2ccc(O)c(OC)c2)c1. The topological polar surface area (TPSA) is 107 Å². The molecule has 0 fully saturated rings. The molecule has 0 spiro atoms. The van der Waals surface area contributed by atoms with Crippen molar-refractivity contribution in [3.8, 4) is 23.0 Å². The normalized spacial score (nSPS) is 16.5. The molecule has 0 bridgehead atoms. The molecule has 8 nitrogen and oxygen atoms in total. The highest BCUT2D eigenvalue weighted by molar-refractivity contribution is 5.97. The summed E-state index contributed by atoms with van der Waals surface area (Å²) in [6, 6.07) is 18.6. The minimum absolute atomic E-state index is 0.0617. The average molecular weight is 459 g/mol. The molecule has 4 aromatic rings. The van der Waals surface area contributed by atoms with E-state index in [1.54, 1.807) is 60.7 Å². The number of rotatable bonds is 5. The number of carbonyl (C=O) groups is 1. The molecule has 2 unspecified atom stereocenters. The predicted molar refractivity (Wildman–Crippen MR) is 125 cm³/mol. The van der Waals surface area contributed by atoms with E-state index in [0.717, 1.165) is 0 Å². The molecule has 1 aliphatic heterocycles. The van der Waals surface area contributed by atoms with Gasteiger partial charge >= 0.3 is 5.63 Å². The molecule has 172 valence electrons. The Morgan fingerprint density at radius 1 is 1.00 bits per heavy atom. The summed E-state index contributed by atoms with van der Waals surface area (Å²) >= 11 is 0. The maximum atomic E-state index is 13.4. The van der Waals surface area contributed by atoms with Gasteiger partial charge in [0.1, 0.15) is 17.1 Å². The molecule has 1 aromatic heterocycles. The summed E-state index contributed by atoms with van der Waals surface area (Å²) < 4.78 is 22.2. The van der Waals surface area contributed by atoms with Gasteiger partial charge in [0.2, 0.25) is 0 Å². The molecule has 8 heteroatoms. The van der Waals surface area contributed by atoms with E-state index in [2.05, 4.69) is 5.32 Å². The van der Waals surface area contributed by atoms with E-state index in [-0.39, 0.29) is 17.1 Å². The third-order valence-corrected chi connectivity index (χ3v) is 5.82. The van der Waals surface area contributed by atoms with Gasteiger partial charge in [0.25, 0.3) is 5.91 Å². The second-order valence-corrected chi connectivity index (χ2v) is 7.80. The number of phenolic OH excluding ortho intramolecular Hbond substituents is 1. The van der Waals surface area contributed by atoms with Gasteiger partial charge in [0.05, 0.1) is 31.1 Å². The highest BCUT2D eigenvalue weighted by Gasteiger charge is 2.44. The molecule has 1 aliphatic rings. The van der Waals surface area contributed by atoms with Crippen molar-refractivity contribution in [3.63, 3.8) is 0 Å². The first kappa shape index (κ1) is 21.4. The van der Waals surface area contributed by atoms with Crippen LogP contribution in [0.4, 0.5) is 5.69 Å². The molecule has 5 rings (SSSR count). The van der Waals surface area contributed by atoms with E-state index in [1.165, 1.54) is 20.3 Å². The molecular weight excluding hydrogens is 438 g/mol. The van der Waals surface area contributed by atoms with Gasteiger partial charge in [-0.15, -0.1) is 0 Å². The number of ether oxygens (including phenoxy) is 3.